The number of aryl methyl sites for hydroxylation is 1. The fraction of sp³-hybridized carbons (Fsp3) is 0.429. The van der Waals surface area contributed by atoms with Crippen molar-refractivity contribution >= 4 is 11.6 Å². The van der Waals surface area contributed by atoms with Gasteiger partial charge >= 0.3 is 0 Å². The lowest BCUT2D eigenvalue weighted by Crippen LogP contribution is -2.31. The molecule has 0 aromatic carbocycles. The Hall–Kier alpha value is -2.04. The molecule has 2 aromatic heterocycles. The van der Waals surface area contributed by atoms with Crippen molar-refractivity contribution in [1.29, 1.82) is 0 Å². The molecule has 0 aliphatic rings. The lowest BCUT2D eigenvalue weighted by Gasteiger charge is -2.09. The number of nitrogens with zero attached hydrogens (tertiary/aromatic N) is 2. The first kappa shape index (κ1) is 13.4. The van der Waals surface area contributed by atoms with Crippen molar-refractivity contribution in [3.8, 4) is 5.75 Å². The molecule has 0 aliphatic heterocycles. The lowest BCUT2D eigenvalue weighted by molar-refractivity contribution is 0.0936. The maximum absolute atomic E-state index is 12.2. The molecule has 2 rings (SSSR count). The highest BCUT2D eigenvalue weighted by Crippen LogP contribution is 2.22. The molecule has 5 heteroatoms. The number of imidazole rings is 1. The number of fused-ring (bicyclic) bond motifs is 1. The number of nitrogens with one attached hydrogen (secondary N) is 1. The lowest BCUT2D eigenvalue weighted by atomic mass is 10.3. The SMILES string of the molecule is CCOc1cccn2c(C(=O)NC(C)C)c(C)nc12. The van der Waals surface area contributed by atoms with E-state index in [2.05, 4.69) is 10.3 Å². The van der Waals surface area contributed by atoms with E-state index in [1.165, 1.54) is 0 Å². The third kappa shape index (κ3) is 2.54. The summed E-state index contributed by atoms with van der Waals surface area (Å²) < 4.78 is 7.31. The number of carbonyl (C=O) groups is 1. The van der Waals surface area contributed by atoms with Crippen LogP contribution in [0.3, 0.4) is 0 Å². The number of hydrogen-bond acceptors (Lipinski definition) is 3. The molecule has 0 aliphatic carbocycles. The van der Waals surface area contributed by atoms with Gasteiger partial charge in [-0.3, -0.25) is 9.20 Å². The first-order chi connectivity index (χ1) is 9.04. The van der Waals surface area contributed by atoms with Crippen LogP contribution >= 0.6 is 0 Å². The van der Waals surface area contributed by atoms with Crippen LogP contribution in [0.2, 0.25) is 0 Å². The highest BCUT2D eigenvalue weighted by atomic mass is 16.5. The van der Waals surface area contributed by atoms with Gasteiger partial charge in [0.05, 0.1) is 12.3 Å². The van der Waals surface area contributed by atoms with Gasteiger partial charge in [-0.1, -0.05) is 0 Å². The Morgan fingerprint density at radius 3 is 2.89 bits per heavy atom. The van der Waals surface area contributed by atoms with Gasteiger partial charge in [-0.05, 0) is 39.8 Å². The quantitative estimate of drug-likeness (QED) is 0.917. The van der Waals surface area contributed by atoms with Crippen molar-refractivity contribution in [2.45, 2.75) is 33.7 Å². The maximum Gasteiger partial charge on any atom is 0.270 e. The normalized spacial score (nSPS) is 11.0. The van der Waals surface area contributed by atoms with Crippen LogP contribution in [0.5, 0.6) is 5.75 Å². The summed E-state index contributed by atoms with van der Waals surface area (Å²) >= 11 is 0. The molecular weight excluding hydrogens is 242 g/mol. The standard InChI is InChI=1S/C14H19N3O2/c1-5-19-11-7-6-8-17-12(10(4)16-13(11)17)14(18)15-9(2)3/h6-9H,5H2,1-4H3,(H,15,18). The van der Waals surface area contributed by atoms with Gasteiger partial charge in [0.15, 0.2) is 11.4 Å². The van der Waals surface area contributed by atoms with Gasteiger partial charge in [0.25, 0.3) is 5.91 Å². The molecule has 1 amide bonds. The Morgan fingerprint density at radius 2 is 2.26 bits per heavy atom. The van der Waals surface area contributed by atoms with E-state index in [9.17, 15) is 4.79 Å². The molecule has 0 fully saturated rings. The largest absolute Gasteiger partial charge is 0.490 e. The summed E-state index contributed by atoms with van der Waals surface area (Å²) in [6.45, 7) is 8.19. The van der Waals surface area contributed by atoms with Gasteiger partial charge in [0, 0.05) is 12.2 Å². The van der Waals surface area contributed by atoms with E-state index in [1.54, 1.807) is 4.40 Å². The Morgan fingerprint density at radius 1 is 1.53 bits per heavy atom. The van der Waals surface area contributed by atoms with E-state index in [4.69, 9.17) is 4.74 Å². The summed E-state index contributed by atoms with van der Waals surface area (Å²) in [5.41, 5.74) is 1.94. The molecule has 0 unspecified atom stereocenters. The average Bonchev–Trinajstić information content (AvgIpc) is 2.66. The molecule has 102 valence electrons. The monoisotopic (exact) mass is 261 g/mol. The topological polar surface area (TPSA) is 55.6 Å². The molecule has 0 saturated carbocycles. The minimum atomic E-state index is -0.117. The summed E-state index contributed by atoms with van der Waals surface area (Å²) in [6.07, 6.45) is 1.83. The van der Waals surface area contributed by atoms with Crippen molar-refractivity contribution in [3.05, 3.63) is 29.7 Å². The average molecular weight is 261 g/mol. The zero-order chi connectivity index (χ0) is 14.0. The summed E-state index contributed by atoms with van der Waals surface area (Å²) in [7, 11) is 0. The summed E-state index contributed by atoms with van der Waals surface area (Å²) in [5, 5.41) is 2.89. The highest BCUT2D eigenvalue weighted by molar-refractivity contribution is 5.95. The number of hydrogen-bond donors (Lipinski definition) is 1. The van der Waals surface area contributed by atoms with Gasteiger partial charge in [0.2, 0.25) is 0 Å². The van der Waals surface area contributed by atoms with Gasteiger partial charge < -0.3 is 10.1 Å². The van der Waals surface area contributed by atoms with E-state index < -0.39 is 0 Å². The van der Waals surface area contributed by atoms with Crippen LogP contribution < -0.4 is 10.1 Å². The molecular formula is C14H19N3O2. The van der Waals surface area contributed by atoms with E-state index in [-0.39, 0.29) is 11.9 Å². The third-order valence-electron chi connectivity index (χ3n) is 2.72. The number of ether oxygens (including phenoxy) is 1. The Bertz CT molecular complexity index is 602. The van der Waals surface area contributed by atoms with Gasteiger partial charge in [-0.2, -0.15) is 0 Å². The minimum Gasteiger partial charge on any atom is -0.490 e. The van der Waals surface area contributed by atoms with E-state index in [0.717, 1.165) is 0 Å². The number of amides is 1. The molecule has 0 atom stereocenters. The number of aromatic nitrogens is 2. The Kier molecular flexibility index (Phi) is 3.74. The Balaban J connectivity index is 2.53. The van der Waals surface area contributed by atoms with Crippen LogP contribution in [-0.4, -0.2) is 27.9 Å². The molecule has 0 radical (unpaired) electrons. The second-order valence-corrected chi connectivity index (χ2v) is 4.67. The van der Waals surface area contributed by atoms with Crippen LogP contribution in [0.4, 0.5) is 0 Å². The first-order valence-corrected chi connectivity index (χ1v) is 6.46. The molecule has 2 heterocycles. The van der Waals surface area contributed by atoms with Crippen molar-refractivity contribution in [2.75, 3.05) is 6.61 Å². The first-order valence-electron chi connectivity index (χ1n) is 6.46. The third-order valence-corrected chi connectivity index (χ3v) is 2.72. The molecule has 0 spiro atoms. The smallest absolute Gasteiger partial charge is 0.270 e. The van der Waals surface area contributed by atoms with Crippen LogP contribution in [-0.2, 0) is 0 Å². The zero-order valence-electron chi connectivity index (χ0n) is 11.7. The molecule has 2 aromatic rings. The second-order valence-electron chi connectivity index (χ2n) is 4.67. The highest BCUT2D eigenvalue weighted by Gasteiger charge is 2.18. The van der Waals surface area contributed by atoms with Crippen LogP contribution in [0.1, 0.15) is 37.0 Å². The van der Waals surface area contributed by atoms with E-state index >= 15 is 0 Å². The molecule has 0 bridgehead atoms. The predicted molar refractivity (Wildman–Crippen MR) is 73.7 cm³/mol. The number of pyridine rings is 1. The molecule has 5 nitrogen and oxygen atoms in total. The Labute approximate surface area is 112 Å². The fourth-order valence-corrected chi connectivity index (χ4v) is 2.03. The van der Waals surface area contributed by atoms with Crippen LogP contribution in [0.25, 0.3) is 5.65 Å². The maximum atomic E-state index is 12.2. The zero-order valence-corrected chi connectivity index (χ0v) is 11.7. The van der Waals surface area contributed by atoms with Crippen molar-refractivity contribution < 1.29 is 9.53 Å². The second kappa shape index (κ2) is 5.30. The van der Waals surface area contributed by atoms with Gasteiger partial charge in [0.1, 0.15) is 5.69 Å². The van der Waals surface area contributed by atoms with E-state index in [0.29, 0.717) is 29.4 Å². The van der Waals surface area contributed by atoms with Crippen LogP contribution in [0, 0.1) is 6.92 Å². The van der Waals surface area contributed by atoms with Crippen LogP contribution in [0.15, 0.2) is 18.3 Å². The summed E-state index contributed by atoms with van der Waals surface area (Å²) in [5.74, 6) is 0.574. The minimum absolute atomic E-state index is 0.0903. The van der Waals surface area contributed by atoms with E-state index in [1.807, 2.05) is 46.0 Å². The predicted octanol–water partition coefficient (Wildman–Crippen LogP) is 2.18. The molecule has 19 heavy (non-hydrogen) atoms. The van der Waals surface area contributed by atoms with Crippen molar-refractivity contribution in [2.24, 2.45) is 0 Å². The van der Waals surface area contributed by atoms with Crippen molar-refractivity contribution in [1.82, 2.24) is 14.7 Å². The molecule has 1 N–H and O–H groups in total. The number of carbonyl (C=O) groups excluding carboxylic acids is 1. The van der Waals surface area contributed by atoms with Gasteiger partial charge in [-0.15, -0.1) is 0 Å². The van der Waals surface area contributed by atoms with Gasteiger partial charge in [-0.25, -0.2) is 4.98 Å². The van der Waals surface area contributed by atoms with Crippen molar-refractivity contribution in [3.63, 3.8) is 0 Å². The summed E-state index contributed by atoms with van der Waals surface area (Å²) in [4.78, 5) is 16.6. The molecule has 0 saturated heterocycles. The fourth-order valence-electron chi connectivity index (χ4n) is 2.03. The number of rotatable bonds is 4. The summed E-state index contributed by atoms with van der Waals surface area (Å²) in [6, 6.07) is 3.80.